The summed E-state index contributed by atoms with van der Waals surface area (Å²) < 4.78 is 0. The first kappa shape index (κ1) is 17.9. The van der Waals surface area contributed by atoms with E-state index in [1.165, 1.54) is 18.5 Å². The van der Waals surface area contributed by atoms with Crippen molar-refractivity contribution in [2.24, 2.45) is 5.41 Å². The lowest BCUT2D eigenvalue weighted by molar-refractivity contribution is 0.371. The average molecular weight is 291 g/mol. The highest BCUT2D eigenvalue weighted by Gasteiger charge is 2.19. The first-order chi connectivity index (χ1) is 9.87. The summed E-state index contributed by atoms with van der Waals surface area (Å²) in [5, 5.41) is 0. The lowest BCUT2D eigenvalue weighted by Crippen LogP contribution is -2.36. The van der Waals surface area contributed by atoms with Crippen molar-refractivity contribution in [3.05, 3.63) is 18.0 Å². The molecule has 3 heteroatoms. The molecule has 1 unspecified atom stereocenters. The summed E-state index contributed by atoms with van der Waals surface area (Å²) in [7, 11) is 0. The number of aryl methyl sites for hydroxylation is 1. The first-order valence-electron chi connectivity index (χ1n) is 8.46. The van der Waals surface area contributed by atoms with Gasteiger partial charge in [-0.25, -0.2) is 9.97 Å². The van der Waals surface area contributed by atoms with Crippen LogP contribution in [0.1, 0.15) is 72.9 Å². The van der Waals surface area contributed by atoms with E-state index in [2.05, 4.69) is 57.5 Å². The molecule has 120 valence electrons. The minimum Gasteiger partial charge on any atom is -0.338 e. The summed E-state index contributed by atoms with van der Waals surface area (Å²) in [5.74, 6) is 0.905. The fourth-order valence-electron chi connectivity index (χ4n) is 2.21. The highest BCUT2D eigenvalue weighted by atomic mass is 15.3. The fourth-order valence-corrected chi connectivity index (χ4v) is 2.21. The Labute approximate surface area is 131 Å². The molecule has 1 aromatic rings. The van der Waals surface area contributed by atoms with Gasteiger partial charge >= 0.3 is 0 Å². The van der Waals surface area contributed by atoms with E-state index in [0.717, 1.165) is 31.8 Å². The zero-order chi connectivity index (χ0) is 15.9. The zero-order valence-corrected chi connectivity index (χ0v) is 14.8. The molecule has 0 saturated carbocycles. The van der Waals surface area contributed by atoms with Gasteiger partial charge in [0.15, 0.2) is 0 Å². The van der Waals surface area contributed by atoms with Crippen LogP contribution < -0.4 is 4.90 Å². The van der Waals surface area contributed by atoms with E-state index < -0.39 is 0 Å². The van der Waals surface area contributed by atoms with Gasteiger partial charge in [0, 0.05) is 24.5 Å². The van der Waals surface area contributed by atoms with Crippen LogP contribution in [0.5, 0.6) is 0 Å². The van der Waals surface area contributed by atoms with Crippen molar-refractivity contribution in [1.29, 1.82) is 0 Å². The van der Waals surface area contributed by atoms with Crippen molar-refractivity contribution in [2.45, 2.75) is 79.7 Å². The molecule has 0 fully saturated rings. The third-order valence-electron chi connectivity index (χ3n) is 3.97. The lowest BCUT2D eigenvalue weighted by atomic mass is 9.92. The minimum absolute atomic E-state index is 0.339. The van der Waals surface area contributed by atoms with Gasteiger partial charge < -0.3 is 4.90 Å². The molecule has 0 spiro atoms. The normalized spacial score (nSPS) is 13.2. The molecule has 0 aromatic carbocycles. The number of unbranched alkanes of at least 4 members (excludes halogenated alkanes) is 1. The van der Waals surface area contributed by atoms with Crippen LogP contribution in [0.3, 0.4) is 0 Å². The number of aromatic nitrogens is 2. The van der Waals surface area contributed by atoms with Gasteiger partial charge in [0.05, 0.1) is 0 Å². The lowest BCUT2D eigenvalue weighted by Gasteiger charge is -2.31. The van der Waals surface area contributed by atoms with Gasteiger partial charge in [0.25, 0.3) is 0 Å². The van der Waals surface area contributed by atoms with Crippen LogP contribution in [0.2, 0.25) is 0 Å². The van der Waals surface area contributed by atoms with Crippen LogP contribution in [0.25, 0.3) is 0 Å². The second kappa shape index (κ2) is 8.35. The Hall–Kier alpha value is -1.12. The van der Waals surface area contributed by atoms with Gasteiger partial charge in [0.2, 0.25) is 5.95 Å². The second-order valence-electron chi connectivity index (χ2n) is 7.21. The third kappa shape index (κ3) is 6.45. The fraction of sp³-hybridized carbons (Fsp3) is 0.778. The van der Waals surface area contributed by atoms with E-state index in [1.54, 1.807) is 0 Å². The maximum absolute atomic E-state index is 4.80. The van der Waals surface area contributed by atoms with Gasteiger partial charge in [-0.3, -0.25) is 0 Å². The van der Waals surface area contributed by atoms with Crippen LogP contribution in [0.15, 0.2) is 12.3 Å². The summed E-state index contributed by atoms with van der Waals surface area (Å²) in [4.78, 5) is 11.7. The maximum atomic E-state index is 4.80. The molecule has 1 heterocycles. The number of hydrogen-bond acceptors (Lipinski definition) is 3. The van der Waals surface area contributed by atoms with E-state index in [4.69, 9.17) is 4.98 Å². The number of hydrogen-bond donors (Lipinski definition) is 0. The van der Waals surface area contributed by atoms with Crippen LogP contribution in [-0.4, -0.2) is 22.6 Å². The van der Waals surface area contributed by atoms with E-state index >= 15 is 0 Å². The van der Waals surface area contributed by atoms with Gasteiger partial charge in [-0.1, -0.05) is 41.0 Å². The molecule has 1 atom stereocenters. The van der Waals surface area contributed by atoms with Crippen LogP contribution in [0.4, 0.5) is 5.95 Å². The Morgan fingerprint density at radius 1 is 1.24 bits per heavy atom. The highest BCUT2D eigenvalue weighted by molar-refractivity contribution is 5.32. The number of anilines is 1. The predicted octanol–water partition coefficient (Wildman–Crippen LogP) is 4.86. The van der Waals surface area contributed by atoms with Gasteiger partial charge in [-0.15, -0.1) is 0 Å². The van der Waals surface area contributed by atoms with Gasteiger partial charge in [-0.2, -0.15) is 0 Å². The van der Waals surface area contributed by atoms with Gasteiger partial charge in [-0.05, 0) is 44.1 Å². The predicted molar refractivity (Wildman–Crippen MR) is 91.8 cm³/mol. The molecule has 0 bridgehead atoms. The first-order valence-corrected chi connectivity index (χ1v) is 8.46. The molecule has 0 aliphatic rings. The highest BCUT2D eigenvalue weighted by Crippen LogP contribution is 2.22. The van der Waals surface area contributed by atoms with Crippen molar-refractivity contribution in [3.8, 4) is 0 Å². The van der Waals surface area contributed by atoms with Gasteiger partial charge in [0.1, 0.15) is 0 Å². The van der Waals surface area contributed by atoms with E-state index in [0.29, 0.717) is 11.5 Å². The SMILES string of the molecule is CCCCc1ccnc(N(CCC(C)(C)C)C(C)CC)n1. The topological polar surface area (TPSA) is 29.0 Å². The number of rotatable bonds is 8. The summed E-state index contributed by atoms with van der Waals surface area (Å²) >= 11 is 0. The van der Waals surface area contributed by atoms with E-state index in [1.807, 2.05) is 6.20 Å². The molecule has 0 radical (unpaired) electrons. The van der Waals surface area contributed by atoms with E-state index in [9.17, 15) is 0 Å². The summed E-state index contributed by atoms with van der Waals surface area (Å²) in [6, 6.07) is 2.53. The summed E-state index contributed by atoms with van der Waals surface area (Å²) in [6.07, 6.45) is 7.65. The van der Waals surface area contributed by atoms with Crippen LogP contribution in [-0.2, 0) is 6.42 Å². The van der Waals surface area contributed by atoms with E-state index in [-0.39, 0.29) is 0 Å². The molecular formula is C18H33N3. The standard InChI is InChI=1S/C18H33N3/c1-7-9-10-16-11-13-19-17(20-16)21(15(3)8-2)14-12-18(4,5)6/h11,13,15H,7-10,12,14H2,1-6H3. The summed E-state index contributed by atoms with van der Waals surface area (Å²) in [6.45, 7) is 14.6. The quantitative estimate of drug-likeness (QED) is 0.685. The van der Waals surface area contributed by atoms with Crippen molar-refractivity contribution in [1.82, 2.24) is 9.97 Å². The van der Waals surface area contributed by atoms with Crippen molar-refractivity contribution in [2.75, 3.05) is 11.4 Å². The second-order valence-corrected chi connectivity index (χ2v) is 7.21. The monoisotopic (exact) mass is 291 g/mol. The van der Waals surface area contributed by atoms with Crippen LogP contribution in [0, 0.1) is 5.41 Å². The summed E-state index contributed by atoms with van der Waals surface area (Å²) in [5.41, 5.74) is 1.51. The molecule has 3 nitrogen and oxygen atoms in total. The maximum Gasteiger partial charge on any atom is 0.225 e. The average Bonchev–Trinajstić information content (AvgIpc) is 2.44. The molecule has 0 amide bonds. The zero-order valence-electron chi connectivity index (χ0n) is 14.8. The largest absolute Gasteiger partial charge is 0.338 e. The smallest absolute Gasteiger partial charge is 0.225 e. The molecule has 0 saturated heterocycles. The Kier molecular flexibility index (Phi) is 7.13. The Bertz CT molecular complexity index is 409. The molecule has 0 aliphatic carbocycles. The molecule has 0 aliphatic heterocycles. The third-order valence-corrected chi connectivity index (χ3v) is 3.97. The minimum atomic E-state index is 0.339. The molecule has 1 aromatic heterocycles. The molecule has 21 heavy (non-hydrogen) atoms. The van der Waals surface area contributed by atoms with Crippen molar-refractivity contribution >= 4 is 5.95 Å². The molecule has 1 rings (SSSR count). The molecule has 0 N–H and O–H groups in total. The Morgan fingerprint density at radius 2 is 1.95 bits per heavy atom. The Balaban J connectivity index is 2.86. The van der Waals surface area contributed by atoms with Crippen LogP contribution >= 0.6 is 0 Å². The van der Waals surface area contributed by atoms with Crippen molar-refractivity contribution < 1.29 is 0 Å². The Morgan fingerprint density at radius 3 is 2.52 bits per heavy atom. The van der Waals surface area contributed by atoms with Crippen molar-refractivity contribution in [3.63, 3.8) is 0 Å². The molecular weight excluding hydrogens is 258 g/mol. The number of nitrogens with zero attached hydrogens (tertiary/aromatic N) is 3.